The molecule has 0 aliphatic heterocycles. The van der Waals surface area contributed by atoms with Crippen molar-refractivity contribution in [3.8, 4) is 17.2 Å². The summed E-state index contributed by atoms with van der Waals surface area (Å²) in [6, 6.07) is 10.3. The Morgan fingerprint density at radius 1 is 1.06 bits per heavy atom. The summed E-state index contributed by atoms with van der Waals surface area (Å²) in [6.07, 6.45) is 0. The fraction of sp³-hybridized carbons (Fsp3) is 0. The summed E-state index contributed by atoms with van der Waals surface area (Å²) in [7, 11) is 0. The molecular formula is C12H8ClFO2. The van der Waals surface area contributed by atoms with Crippen molar-refractivity contribution in [1.29, 1.82) is 0 Å². The molecule has 16 heavy (non-hydrogen) atoms. The summed E-state index contributed by atoms with van der Waals surface area (Å²) >= 11 is 5.79. The zero-order valence-electron chi connectivity index (χ0n) is 8.15. The van der Waals surface area contributed by atoms with Crippen molar-refractivity contribution >= 4 is 11.6 Å². The molecule has 2 rings (SSSR count). The molecule has 0 heterocycles. The largest absolute Gasteiger partial charge is 0.504 e. The number of para-hydroxylation sites is 2. The Balaban J connectivity index is 2.31. The Kier molecular flexibility index (Phi) is 2.97. The standard InChI is InChI=1S/C12H8ClFO2/c13-9-7-8(14)5-6-11(9)16-12-4-2-1-3-10(12)15/h1-7,15H. The number of hydrogen-bond donors (Lipinski definition) is 1. The number of ether oxygens (including phenoxy) is 1. The molecule has 1 N–H and O–H groups in total. The molecule has 82 valence electrons. The van der Waals surface area contributed by atoms with Crippen LogP contribution in [0.25, 0.3) is 0 Å². The van der Waals surface area contributed by atoms with Gasteiger partial charge in [0.25, 0.3) is 0 Å². The van der Waals surface area contributed by atoms with Crippen LogP contribution in [0.3, 0.4) is 0 Å². The fourth-order valence-electron chi connectivity index (χ4n) is 1.22. The molecule has 0 fully saturated rings. The lowest BCUT2D eigenvalue weighted by Gasteiger charge is -2.08. The predicted molar refractivity (Wildman–Crippen MR) is 59.6 cm³/mol. The van der Waals surface area contributed by atoms with E-state index in [1.165, 1.54) is 18.2 Å². The number of benzene rings is 2. The molecule has 0 atom stereocenters. The van der Waals surface area contributed by atoms with Crippen LogP contribution in [0.4, 0.5) is 4.39 Å². The second kappa shape index (κ2) is 4.41. The van der Waals surface area contributed by atoms with Gasteiger partial charge in [0.15, 0.2) is 11.5 Å². The highest BCUT2D eigenvalue weighted by Crippen LogP contribution is 2.34. The molecule has 0 saturated carbocycles. The molecule has 0 aliphatic carbocycles. The summed E-state index contributed by atoms with van der Waals surface area (Å²) in [5.74, 6) is 0.137. The van der Waals surface area contributed by atoms with Gasteiger partial charge in [-0.05, 0) is 30.3 Å². The quantitative estimate of drug-likeness (QED) is 0.858. The Hall–Kier alpha value is -1.74. The van der Waals surface area contributed by atoms with Crippen molar-refractivity contribution in [2.75, 3.05) is 0 Å². The average molecular weight is 239 g/mol. The van der Waals surface area contributed by atoms with Crippen molar-refractivity contribution in [1.82, 2.24) is 0 Å². The number of phenols is 1. The lowest BCUT2D eigenvalue weighted by atomic mass is 10.3. The first kappa shape index (κ1) is 10.8. The van der Waals surface area contributed by atoms with Crippen LogP contribution in [-0.4, -0.2) is 5.11 Å². The van der Waals surface area contributed by atoms with E-state index in [9.17, 15) is 9.50 Å². The van der Waals surface area contributed by atoms with Gasteiger partial charge in [0.2, 0.25) is 0 Å². The van der Waals surface area contributed by atoms with E-state index in [0.717, 1.165) is 6.07 Å². The first-order chi connectivity index (χ1) is 7.66. The van der Waals surface area contributed by atoms with E-state index in [1.807, 2.05) is 0 Å². The van der Waals surface area contributed by atoms with E-state index >= 15 is 0 Å². The maximum atomic E-state index is 12.8. The van der Waals surface area contributed by atoms with Crippen molar-refractivity contribution in [2.45, 2.75) is 0 Å². The Bertz CT molecular complexity index is 514. The molecule has 4 heteroatoms. The van der Waals surface area contributed by atoms with Gasteiger partial charge in [-0.2, -0.15) is 0 Å². The molecule has 0 unspecified atom stereocenters. The second-order valence-corrected chi connectivity index (χ2v) is 3.55. The van der Waals surface area contributed by atoms with Crippen molar-refractivity contribution in [2.24, 2.45) is 0 Å². The molecule has 0 aliphatic rings. The molecule has 0 radical (unpaired) electrons. The van der Waals surface area contributed by atoms with Crippen LogP contribution in [0.5, 0.6) is 17.2 Å². The normalized spacial score (nSPS) is 10.1. The molecule has 0 saturated heterocycles. The molecule has 2 aromatic rings. The number of hydrogen-bond acceptors (Lipinski definition) is 2. The third kappa shape index (κ3) is 2.25. The summed E-state index contributed by atoms with van der Waals surface area (Å²) < 4.78 is 18.1. The van der Waals surface area contributed by atoms with Gasteiger partial charge in [-0.1, -0.05) is 23.7 Å². The van der Waals surface area contributed by atoms with Crippen LogP contribution in [0, 0.1) is 5.82 Å². The number of phenolic OH excluding ortho intramolecular Hbond substituents is 1. The van der Waals surface area contributed by atoms with Gasteiger partial charge in [-0.25, -0.2) is 4.39 Å². The molecule has 2 aromatic carbocycles. The molecule has 0 aromatic heterocycles. The second-order valence-electron chi connectivity index (χ2n) is 3.14. The Morgan fingerprint density at radius 2 is 1.81 bits per heavy atom. The van der Waals surface area contributed by atoms with Gasteiger partial charge in [-0.3, -0.25) is 0 Å². The summed E-state index contributed by atoms with van der Waals surface area (Å²) in [5, 5.41) is 9.63. The van der Waals surface area contributed by atoms with Crippen LogP contribution in [0.15, 0.2) is 42.5 Å². The molecule has 2 nitrogen and oxygen atoms in total. The van der Waals surface area contributed by atoms with E-state index in [2.05, 4.69) is 0 Å². The zero-order valence-corrected chi connectivity index (χ0v) is 8.91. The highest BCUT2D eigenvalue weighted by molar-refractivity contribution is 6.32. The van der Waals surface area contributed by atoms with E-state index in [-0.39, 0.29) is 16.5 Å². The van der Waals surface area contributed by atoms with Crippen LogP contribution in [0.2, 0.25) is 5.02 Å². The maximum absolute atomic E-state index is 12.8. The minimum atomic E-state index is -0.436. The number of halogens is 2. The van der Waals surface area contributed by atoms with Gasteiger partial charge in [0, 0.05) is 0 Å². The van der Waals surface area contributed by atoms with Gasteiger partial charge >= 0.3 is 0 Å². The third-order valence-electron chi connectivity index (χ3n) is 1.98. The van der Waals surface area contributed by atoms with Crippen molar-refractivity contribution < 1.29 is 14.2 Å². The first-order valence-corrected chi connectivity index (χ1v) is 4.95. The molecule has 0 amide bonds. The van der Waals surface area contributed by atoms with E-state index in [4.69, 9.17) is 16.3 Å². The van der Waals surface area contributed by atoms with E-state index in [1.54, 1.807) is 18.2 Å². The van der Waals surface area contributed by atoms with Crippen molar-refractivity contribution in [3.05, 3.63) is 53.3 Å². The summed E-state index contributed by atoms with van der Waals surface area (Å²) in [6.45, 7) is 0. The van der Waals surface area contributed by atoms with E-state index < -0.39 is 5.82 Å². The monoisotopic (exact) mass is 238 g/mol. The Morgan fingerprint density at radius 3 is 2.50 bits per heavy atom. The molecular weight excluding hydrogens is 231 g/mol. The van der Waals surface area contributed by atoms with Gasteiger partial charge < -0.3 is 9.84 Å². The highest BCUT2D eigenvalue weighted by Gasteiger charge is 2.06. The van der Waals surface area contributed by atoms with E-state index in [0.29, 0.717) is 5.75 Å². The van der Waals surface area contributed by atoms with Crippen LogP contribution >= 0.6 is 11.6 Å². The SMILES string of the molecule is Oc1ccccc1Oc1ccc(F)cc1Cl. The minimum absolute atomic E-state index is 0.00268. The van der Waals surface area contributed by atoms with Crippen LogP contribution in [0.1, 0.15) is 0 Å². The fourth-order valence-corrected chi connectivity index (χ4v) is 1.43. The Labute approximate surface area is 96.9 Å². The molecule has 0 spiro atoms. The number of rotatable bonds is 2. The predicted octanol–water partition coefficient (Wildman–Crippen LogP) is 3.98. The van der Waals surface area contributed by atoms with Crippen LogP contribution in [-0.2, 0) is 0 Å². The average Bonchev–Trinajstić information content (AvgIpc) is 2.25. The highest BCUT2D eigenvalue weighted by atomic mass is 35.5. The topological polar surface area (TPSA) is 29.5 Å². The first-order valence-electron chi connectivity index (χ1n) is 4.58. The molecule has 0 bridgehead atoms. The lowest BCUT2D eigenvalue weighted by Crippen LogP contribution is -1.86. The lowest BCUT2D eigenvalue weighted by molar-refractivity contribution is 0.411. The minimum Gasteiger partial charge on any atom is -0.504 e. The summed E-state index contributed by atoms with van der Waals surface area (Å²) in [5.41, 5.74) is 0. The van der Waals surface area contributed by atoms with Gasteiger partial charge in [0.05, 0.1) is 5.02 Å². The summed E-state index contributed by atoms with van der Waals surface area (Å²) in [4.78, 5) is 0. The maximum Gasteiger partial charge on any atom is 0.169 e. The van der Waals surface area contributed by atoms with Crippen LogP contribution < -0.4 is 4.74 Å². The van der Waals surface area contributed by atoms with Crippen molar-refractivity contribution in [3.63, 3.8) is 0 Å². The smallest absolute Gasteiger partial charge is 0.169 e. The third-order valence-corrected chi connectivity index (χ3v) is 2.27. The number of aromatic hydroxyl groups is 1. The van der Waals surface area contributed by atoms with Gasteiger partial charge in [-0.15, -0.1) is 0 Å². The zero-order chi connectivity index (χ0) is 11.5. The van der Waals surface area contributed by atoms with Gasteiger partial charge in [0.1, 0.15) is 11.6 Å².